The summed E-state index contributed by atoms with van der Waals surface area (Å²) in [7, 11) is 0. The Morgan fingerprint density at radius 1 is 1.62 bits per heavy atom. The number of rotatable bonds is 4. The van der Waals surface area contributed by atoms with Crippen LogP contribution in [0.2, 0.25) is 0 Å². The predicted molar refractivity (Wildman–Crippen MR) is 66.8 cm³/mol. The van der Waals surface area contributed by atoms with E-state index in [1.807, 2.05) is 0 Å². The van der Waals surface area contributed by atoms with Crippen LogP contribution in [0.1, 0.15) is 17.4 Å². The number of carbonyl (C=O) groups is 2. The number of carbonyl (C=O) groups excluding carboxylic acids is 2. The molecule has 0 aliphatic rings. The minimum Gasteiger partial charge on any atom is -0.346 e. The topological polar surface area (TPSA) is 71.1 Å². The van der Waals surface area contributed by atoms with Crippen molar-refractivity contribution in [2.24, 2.45) is 0 Å². The Morgan fingerprint density at radius 2 is 2.31 bits per heavy atom. The lowest BCUT2D eigenvalue weighted by molar-refractivity contribution is -0.114. The Hall–Kier alpha value is -1.21. The summed E-state index contributed by atoms with van der Waals surface area (Å²) >= 11 is 4.33. The number of thiazole rings is 1. The molecule has 0 atom stereocenters. The van der Waals surface area contributed by atoms with Crippen molar-refractivity contribution in [1.29, 1.82) is 0 Å². The Morgan fingerprint density at radius 3 is 2.88 bits per heavy atom. The molecule has 0 bridgehead atoms. The van der Waals surface area contributed by atoms with Crippen LogP contribution < -0.4 is 10.6 Å². The lowest BCUT2D eigenvalue weighted by Gasteiger charge is -2.00. The Balaban J connectivity index is 2.59. The standard InChI is InChI=1S/C9H10BrN3O2S/c1-5(10)3-11-8(15)7-4-16-9(13-7)12-6(2)14/h4H,1,3H2,2H3,(H,11,15)(H,12,13,14). The SMILES string of the molecule is C=C(Br)CNC(=O)c1csc(NC(C)=O)n1. The minimum atomic E-state index is -0.298. The van der Waals surface area contributed by atoms with Crippen LogP contribution in [0.4, 0.5) is 5.13 Å². The molecule has 86 valence electrons. The van der Waals surface area contributed by atoms with Crippen LogP contribution >= 0.6 is 27.3 Å². The Kier molecular flexibility index (Phi) is 4.63. The zero-order valence-corrected chi connectivity index (χ0v) is 10.9. The lowest BCUT2D eigenvalue weighted by Crippen LogP contribution is -2.24. The van der Waals surface area contributed by atoms with E-state index in [0.29, 0.717) is 16.2 Å². The van der Waals surface area contributed by atoms with E-state index < -0.39 is 0 Å². The lowest BCUT2D eigenvalue weighted by atomic mass is 10.4. The average molecular weight is 304 g/mol. The molecule has 0 unspecified atom stereocenters. The molecule has 5 nitrogen and oxygen atoms in total. The molecule has 1 aromatic heterocycles. The van der Waals surface area contributed by atoms with Crippen LogP contribution in [0, 0.1) is 0 Å². The second-order valence-corrected chi connectivity index (χ2v) is 4.90. The highest BCUT2D eigenvalue weighted by Crippen LogP contribution is 2.15. The smallest absolute Gasteiger partial charge is 0.271 e. The molecule has 2 amide bonds. The number of anilines is 1. The van der Waals surface area contributed by atoms with E-state index in [2.05, 4.69) is 38.1 Å². The van der Waals surface area contributed by atoms with E-state index in [1.165, 1.54) is 18.3 Å². The first-order valence-corrected chi connectivity index (χ1v) is 6.01. The fourth-order valence-corrected chi connectivity index (χ4v) is 1.73. The normalized spacial score (nSPS) is 9.62. The van der Waals surface area contributed by atoms with Gasteiger partial charge < -0.3 is 10.6 Å². The summed E-state index contributed by atoms with van der Waals surface area (Å²) in [5.41, 5.74) is 0.280. The van der Waals surface area contributed by atoms with Gasteiger partial charge >= 0.3 is 0 Å². The average Bonchev–Trinajstić information content (AvgIpc) is 2.61. The summed E-state index contributed by atoms with van der Waals surface area (Å²) in [5.74, 6) is -0.511. The zero-order chi connectivity index (χ0) is 12.1. The van der Waals surface area contributed by atoms with Gasteiger partial charge in [0.25, 0.3) is 5.91 Å². The van der Waals surface area contributed by atoms with Crippen molar-refractivity contribution in [2.45, 2.75) is 6.92 Å². The summed E-state index contributed by atoms with van der Waals surface area (Å²) in [4.78, 5) is 26.2. The minimum absolute atomic E-state index is 0.213. The molecule has 2 N–H and O–H groups in total. The number of amides is 2. The first kappa shape index (κ1) is 12.9. The van der Waals surface area contributed by atoms with Gasteiger partial charge in [-0.05, 0) is 0 Å². The van der Waals surface area contributed by atoms with Gasteiger partial charge in [0.1, 0.15) is 5.69 Å². The second-order valence-electron chi connectivity index (χ2n) is 2.92. The summed E-state index contributed by atoms with van der Waals surface area (Å²) in [6.45, 7) is 5.32. The summed E-state index contributed by atoms with van der Waals surface area (Å²) in [5, 5.41) is 7.11. The number of aromatic nitrogens is 1. The fraction of sp³-hybridized carbons (Fsp3) is 0.222. The van der Waals surface area contributed by atoms with Gasteiger partial charge in [-0.2, -0.15) is 0 Å². The number of hydrogen-bond donors (Lipinski definition) is 2. The van der Waals surface area contributed by atoms with E-state index in [0.717, 1.165) is 0 Å². The summed E-state index contributed by atoms with van der Waals surface area (Å²) in [6, 6.07) is 0. The van der Waals surface area contributed by atoms with Gasteiger partial charge in [-0.25, -0.2) is 4.98 Å². The van der Waals surface area contributed by atoms with E-state index >= 15 is 0 Å². The molecule has 1 heterocycles. The van der Waals surface area contributed by atoms with Gasteiger partial charge in [-0.1, -0.05) is 22.5 Å². The van der Waals surface area contributed by atoms with Crippen molar-refractivity contribution >= 4 is 44.2 Å². The quantitative estimate of drug-likeness (QED) is 0.890. The molecular weight excluding hydrogens is 294 g/mol. The molecule has 0 spiro atoms. The largest absolute Gasteiger partial charge is 0.346 e. The number of hydrogen-bond acceptors (Lipinski definition) is 4. The second kappa shape index (κ2) is 5.76. The Labute approximate surface area is 105 Å². The van der Waals surface area contributed by atoms with Gasteiger partial charge in [0.2, 0.25) is 5.91 Å². The third-order valence-electron chi connectivity index (χ3n) is 1.46. The molecule has 0 saturated carbocycles. The molecule has 0 radical (unpaired) electrons. The van der Waals surface area contributed by atoms with Crippen LogP contribution in [-0.4, -0.2) is 23.3 Å². The molecule has 16 heavy (non-hydrogen) atoms. The van der Waals surface area contributed by atoms with Crippen LogP contribution in [0.15, 0.2) is 16.4 Å². The maximum absolute atomic E-state index is 11.5. The van der Waals surface area contributed by atoms with Crippen LogP contribution in [-0.2, 0) is 4.79 Å². The highest BCUT2D eigenvalue weighted by Gasteiger charge is 2.10. The van der Waals surface area contributed by atoms with Crippen molar-refractivity contribution in [1.82, 2.24) is 10.3 Å². The van der Waals surface area contributed by atoms with E-state index in [1.54, 1.807) is 5.38 Å². The molecule has 1 aromatic rings. The highest BCUT2D eigenvalue weighted by atomic mass is 79.9. The van der Waals surface area contributed by atoms with Crippen LogP contribution in [0.25, 0.3) is 0 Å². The van der Waals surface area contributed by atoms with Crippen molar-refractivity contribution in [3.05, 3.63) is 22.1 Å². The van der Waals surface area contributed by atoms with Crippen LogP contribution in [0.5, 0.6) is 0 Å². The van der Waals surface area contributed by atoms with Gasteiger partial charge in [-0.15, -0.1) is 11.3 Å². The van der Waals surface area contributed by atoms with E-state index in [4.69, 9.17) is 0 Å². The number of nitrogens with zero attached hydrogens (tertiary/aromatic N) is 1. The molecule has 7 heteroatoms. The molecule has 1 rings (SSSR count). The summed E-state index contributed by atoms with van der Waals surface area (Å²) < 4.78 is 0.679. The molecule has 0 saturated heterocycles. The predicted octanol–water partition coefficient (Wildman–Crippen LogP) is 1.74. The molecule has 0 aliphatic carbocycles. The fourth-order valence-electron chi connectivity index (χ4n) is 0.853. The van der Waals surface area contributed by atoms with Crippen molar-refractivity contribution < 1.29 is 9.59 Å². The van der Waals surface area contributed by atoms with Gasteiger partial charge in [-0.3, -0.25) is 9.59 Å². The third kappa shape index (κ3) is 4.11. The third-order valence-corrected chi connectivity index (χ3v) is 2.50. The first-order chi connectivity index (χ1) is 7.49. The monoisotopic (exact) mass is 303 g/mol. The van der Waals surface area contributed by atoms with Gasteiger partial charge in [0.15, 0.2) is 5.13 Å². The maximum atomic E-state index is 11.5. The zero-order valence-electron chi connectivity index (χ0n) is 8.54. The molecule has 0 aromatic carbocycles. The molecule has 0 aliphatic heterocycles. The van der Waals surface area contributed by atoms with Gasteiger partial charge in [0, 0.05) is 23.3 Å². The maximum Gasteiger partial charge on any atom is 0.271 e. The van der Waals surface area contributed by atoms with E-state index in [9.17, 15) is 9.59 Å². The van der Waals surface area contributed by atoms with E-state index in [-0.39, 0.29) is 17.5 Å². The summed E-state index contributed by atoms with van der Waals surface area (Å²) in [6.07, 6.45) is 0. The first-order valence-electron chi connectivity index (χ1n) is 4.33. The van der Waals surface area contributed by atoms with Gasteiger partial charge in [0.05, 0.1) is 0 Å². The van der Waals surface area contributed by atoms with Crippen molar-refractivity contribution in [3.63, 3.8) is 0 Å². The Bertz CT molecular complexity index is 430. The van der Waals surface area contributed by atoms with Crippen LogP contribution in [0.3, 0.4) is 0 Å². The van der Waals surface area contributed by atoms with Crippen molar-refractivity contribution in [2.75, 3.05) is 11.9 Å². The van der Waals surface area contributed by atoms with Crippen molar-refractivity contribution in [3.8, 4) is 0 Å². The molecule has 0 fully saturated rings. The highest BCUT2D eigenvalue weighted by molar-refractivity contribution is 9.11. The number of nitrogens with one attached hydrogen (secondary N) is 2. The molecular formula is C9H10BrN3O2S. The number of halogens is 1.